The average molecular weight is 1120 g/mol. The van der Waals surface area contributed by atoms with Crippen molar-refractivity contribution >= 4 is 71.5 Å². The summed E-state index contributed by atoms with van der Waals surface area (Å²) in [5.41, 5.74) is -4.72. The zero-order valence-electron chi connectivity index (χ0n) is 43.0. The van der Waals surface area contributed by atoms with Gasteiger partial charge in [-0.2, -0.15) is 0 Å². The first kappa shape index (κ1) is 60.6. The summed E-state index contributed by atoms with van der Waals surface area (Å²) >= 11 is 0. The number of epoxide rings is 6. The molecule has 2 N–H and O–H groups in total. The number of amides is 2. The summed E-state index contributed by atoms with van der Waals surface area (Å²) in [4.78, 5) is 157. The minimum Gasteiger partial charge on any atom is -0.463 e. The molecule has 6 fully saturated rings. The standard InChI is InChI=1S/C48H64N2O28/c1-3-27(75-43(59)45(61)77-47(9-37(53)69-21-29-15-63-29,10-38(54)70-22-30-16-64-30)11-39(55)71-23-31-17-65-31)7-35(51)49-5-6-50-36(52)8-28(4-2)76-44(60)46(62)78-48(12-40(56)72-24-32-18-66-32,13-41(57)73-25-33-19-67-33)14-42(58)74-26-34-20-68-34/h27-34H,3-26H2,1-2H3,(H,49,51)(H,50,52). The van der Waals surface area contributed by atoms with E-state index >= 15 is 0 Å². The first-order valence-electron chi connectivity index (χ1n) is 25.4. The van der Waals surface area contributed by atoms with Gasteiger partial charge in [-0.05, 0) is 12.8 Å². The molecule has 0 aliphatic carbocycles. The van der Waals surface area contributed by atoms with Gasteiger partial charge in [0.05, 0.1) is 91.0 Å². The number of carbonyl (C=O) groups is 12. The van der Waals surface area contributed by atoms with E-state index in [1.54, 1.807) is 0 Å². The van der Waals surface area contributed by atoms with Gasteiger partial charge in [-0.15, -0.1) is 0 Å². The van der Waals surface area contributed by atoms with E-state index in [2.05, 4.69) is 10.6 Å². The fraction of sp³-hybridized carbons (Fsp3) is 0.750. The highest BCUT2D eigenvalue weighted by Crippen LogP contribution is 2.31. The molecule has 6 aliphatic rings. The molecule has 0 aromatic rings. The summed E-state index contributed by atoms with van der Waals surface area (Å²) in [6, 6.07) is 0. The molecule has 0 aromatic carbocycles. The Balaban J connectivity index is 0.965. The van der Waals surface area contributed by atoms with Gasteiger partial charge in [0, 0.05) is 13.1 Å². The van der Waals surface area contributed by atoms with Gasteiger partial charge >= 0.3 is 59.7 Å². The topological polar surface area (TPSA) is 396 Å². The summed E-state index contributed by atoms with van der Waals surface area (Å²) in [5.74, 6) is -14.2. The van der Waals surface area contributed by atoms with E-state index in [4.69, 9.17) is 75.8 Å². The van der Waals surface area contributed by atoms with Crippen LogP contribution in [0.3, 0.4) is 0 Å². The van der Waals surface area contributed by atoms with Gasteiger partial charge in [-0.25, -0.2) is 19.2 Å². The van der Waals surface area contributed by atoms with Crippen LogP contribution in [0.1, 0.15) is 78.1 Å². The minimum absolute atomic E-state index is 0.00503. The first-order valence-corrected chi connectivity index (χ1v) is 25.4. The van der Waals surface area contributed by atoms with Crippen LogP contribution in [0.5, 0.6) is 0 Å². The Hall–Kier alpha value is -6.60. The monoisotopic (exact) mass is 1120 g/mol. The Morgan fingerprint density at radius 2 is 0.603 bits per heavy atom. The molecule has 30 heteroatoms. The molecular formula is C48H64N2O28. The molecule has 6 rings (SSSR count). The molecule has 6 heterocycles. The minimum atomic E-state index is -2.36. The van der Waals surface area contributed by atoms with E-state index in [1.807, 2.05) is 0 Å². The van der Waals surface area contributed by atoms with Crippen molar-refractivity contribution in [2.75, 3.05) is 92.4 Å². The third-order valence-corrected chi connectivity index (χ3v) is 11.8. The Morgan fingerprint density at radius 1 is 0.385 bits per heavy atom. The van der Waals surface area contributed by atoms with Crippen molar-refractivity contribution in [3.8, 4) is 0 Å². The predicted molar refractivity (Wildman–Crippen MR) is 245 cm³/mol. The van der Waals surface area contributed by atoms with Crippen LogP contribution >= 0.6 is 0 Å². The highest BCUT2D eigenvalue weighted by molar-refractivity contribution is 6.30. The molecule has 30 nitrogen and oxygen atoms in total. The molecule has 0 radical (unpaired) electrons. The molecule has 8 atom stereocenters. The number of ether oxygens (including phenoxy) is 16. The summed E-state index contributed by atoms with van der Waals surface area (Å²) in [6.07, 6.45) is -11.1. The third-order valence-electron chi connectivity index (χ3n) is 11.8. The fourth-order valence-electron chi connectivity index (χ4n) is 6.95. The second kappa shape index (κ2) is 29.4. The number of rotatable bonds is 37. The molecule has 0 aromatic heterocycles. The predicted octanol–water partition coefficient (Wildman–Crippen LogP) is -2.80. The molecule has 8 unspecified atom stereocenters. The van der Waals surface area contributed by atoms with Gasteiger partial charge in [0.1, 0.15) is 99.7 Å². The lowest BCUT2D eigenvalue weighted by Crippen LogP contribution is -2.45. The van der Waals surface area contributed by atoms with Gasteiger partial charge in [0.25, 0.3) is 0 Å². The van der Waals surface area contributed by atoms with Crippen LogP contribution in [-0.4, -0.2) is 224 Å². The molecule has 434 valence electrons. The largest absolute Gasteiger partial charge is 0.463 e. The quantitative estimate of drug-likeness (QED) is 0.0209. The first-order chi connectivity index (χ1) is 37.3. The van der Waals surface area contributed by atoms with E-state index < -0.39 is 146 Å². The number of nitrogens with one attached hydrogen (secondary N) is 2. The van der Waals surface area contributed by atoms with E-state index in [0.717, 1.165) is 0 Å². The highest BCUT2D eigenvalue weighted by Gasteiger charge is 2.48. The molecule has 0 spiro atoms. The Labute approximate surface area is 445 Å². The molecule has 0 bridgehead atoms. The van der Waals surface area contributed by atoms with Crippen LogP contribution in [0.25, 0.3) is 0 Å². The smallest absolute Gasteiger partial charge is 0.418 e. The van der Waals surface area contributed by atoms with Crippen LogP contribution in [0.15, 0.2) is 0 Å². The second-order valence-corrected chi connectivity index (χ2v) is 19.0. The third kappa shape index (κ3) is 24.0. The number of carbonyl (C=O) groups excluding carboxylic acids is 12. The van der Waals surface area contributed by atoms with Crippen molar-refractivity contribution in [1.82, 2.24) is 10.6 Å². The maximum absolute atomic E-state index is 13.4. The van der Waals surface area contributed by atoms with Crippen molar-refractivity contribution in [2.24, 2.45) is 0 Å². The second-order valence-electron chi connectivity index (χ2n) is 19.0. The Bertz CT molecular complexity index is 1880. The SMILES string of the molecule is CCC(CC(=O)NCCNC(=O)CC(CC)OC(=O)C(=O)OC(CC(=O)OCC1CO1)(CC(=O)OCC1CO1)CC(=O)OCC1CO1)OC(=O)C(=O)OC(CC(=O)OCC1CO1)(CC(=O)OCC1CO1)CC(=O)OCC1CO1. The maximum atomic E-state index is 13.4. The molecule has 6 aliphatic heterocycles. The van der Waals surface area contributed by atoms with Crippen molar-refractivity contribution in [1.29, 1.82) is 0 Å². The van der Waals surface area contributed by atoms with Crippen LogP contribution in [-0.2, 0) is 133 Å². The summed E-state index contributed by atoms with van der Waals surface area (Å²) in [7, 11) is 0. The summed E-state index contributed by atoms with van der Waals surface area (Å²) < 4.78 is 82.7. The van der Waals surface area contributed by atoms with Crippen molar-refractivity contribution in [3.05, 3.63) is 0 Å². The number of esters is 10. The van der Waals surface area contributed by atoms with Crippen molar-refractivity contribution in [3.63, 3.8) is 0 Å². The van der Waals surface area contributed by atoms with Crippen molar-refractivity contribution < 1.29 is 133 Å². The zero-order chi connectivity index (χ0) is 56.2. The maximum Gasteiger partial charge on any atom is 0.418 e. The van der Waals surface area contributed by atoms with Crippen molar-refractivity contribution in [2.45, 2.75) is 138 Å². The van der Waals surface area contributed by atoms with E-state index in [9.17, 15) is 57.5 Å². The molecular weight excluding hydrogens is 1050 g/mol. The highest BCUT2D eigenvalue weighted by atomic mass is 16.7. The molecule has 6 saturated heterocycles. The van der Waals surface area contributed by atoms with Gasteiger partial charge in [-0.3, -0.25) is 38.4 Å². The average Bonchev–Trinajstić information content (AvgIpc) is 4.18. The Morgan fingerprint density at radius 3 is 0.795 bits per heavy atom. The lowest BCUT2D eigenvalue weighted by molar-refractivity contribution is -0.190. The lowest BCUT2D eigenvalue weighted by Gasteiger charge is -2.31. The summed E-state index contributed by atoms with van der Waals surface area (Å²) in [6.45, 7) is 3.61. The van der Waals surface area contributed by atoms with E-state index in [0.29, 0.717) is 39.6 Å². The molecule has 0 saturated carbocycles. The lowest BCUT2D eigenvalue weighted by atomic mass is 9.91. The fourth-order valence-corrected chi connectivity index (χ4v) is 6.95. The van der Waals surface area contributed by atoms with Crippen LogP contribution in [0.4, 0.5) is 0 Å². The molecule has 78 heavy (non-hydrogen) atoms. The van der Waals surface area contributed by atoms with Gasteiger partial charge in [0.2, 0.25) is 11.8 Å². The zero-order valence-corrected chi connectivity index (χ0v) is 43.0. The van der Waals surface area contributed by atoms with Crippen LogP contribution in [0.2, 0.25) is 0 Å². The number of hydrogen-bond acceptors (Lipinski definition) is 28. The molecule has 2 amide bonds. The summed E-state index contributed by atoms with van der Waals surface area (Å²) in [5, 5.41) is 5.00. The normalized spacial score (nSPS) is 23.0. The van der Waals surface area contributed by atoms with E-state index in [1.165, 1.54) is 13.8 Å². The van der Waals surface area contributed by atoms with Crippen LogP contribution in [0, 0.1) is 0 Å². The van der Waals surface area contributed by atoms with Gasteiger partial charge in [0.15, 0.2) is 0 Å². The Kier molecular flexibility index (Phi) is 22.8. The number of hydrogen-bond donors (Lipinski definition) is 2. The van der Waals surface area contributed by atoms with Crippen LogP contribution < -0.4 is 10.6 Å². The van der Waals surface area contributed by atoms with Gasteiger partial charge < -0.3 is 86.4 Å². The van der Waals surface area contributed by atoms with Gasteiger partial charge in [-0.1, -0.05) is 13.8 Å². The van der Waals surface area contributed by atoms with E-state index in [-0.39, 0.29) is 102 Å².